The Labute approximate surface area is 153 Å². The third-order valence-corrected chi connectivity index (χ3v) is 5.63. The van der Waals surface area contributed by atoms with Crippen molar-refractivity contribution in [1.82, 2.24) is 4.90 Å². The number of rotatable bonds is 2. The number of ether oxygens (including phenoxy) is 3. The number of hydrogen-bond acceptors (Lipinski definition) is 4. The highest BCUT2D eigenvalue weighted by atomic mass is 35.5. The van der Waals surface area contributed by atoms with E-state index in [0.29, 0.717) is 48.1 Å². The second-order valence-electron chi connectivity index (χ2n) is 7.05. The van der Waals surface area contributed by atoms with Gasteiger partial charge in [-0.3, -0.25) is 4.79 Å². The van der Waals surface area contributed by atoms with Crippen molar-refractivity contribution < 1.29 is 19.0 Å². The van der Waals surface area contributed by atoms with Crippen molar-refractivity contribution in [3.63, 3.8) is 0 Å². The molecule has 2 fully saturated rings. The second-order valence-corrected chi connectivity index (χ2v) is 7.46. The Morgan fingerprint density at radius 3 is 2.96 bits per heavy atom. The van der Waals surface area contributed by atoms with Crippen LogP contribution in [-0.2, 0) is 16.0 Å². The van der Waals surface area contributed by atoms with Crippen LogP contribution in [0.5, 0.6) is 11.5 Å². The summed E-state index contributed by atoms with van der Waals surface area (Å²) in [5.74, 6) is 1.90. The molecule has 0 spiro atoms. The molecule has 0 N–H and O–H groups in total. The van der Waals surface area contributed by atoms with Crippen molar-refractivity contribution >= 4 is 17.5 Å². The lowest BCUT2D eigenvalue weighted by Gasteiger charge is -2.44. The van der Waals surface area contributed by atoms with Gasteiger partial charge < -0.3 is 19.1 Å². The van der Waals surface area contributed by atoms with Crippen LogP contribution in [0, 0.1) is 5.92 Å². The third-order valence-electron chi connectivity index (χ3n) is 5.35. The first kappa shape index (κ1) is 17.0. The number of amides is 1. The molecule has 5 nitrogen and oxygen atoms in total. The zero-order chi connectivity index (χ0) is 17.2. The van der Waals surface area contributed by atoms with Crippen molar-refractivity contribution in [1.29, 1.82) is 0 Å². The SMILES string of the molecule is O=C(Cc1cc(Cl)c2c(c1)OCCCO2)N1CCCC2COCCC21. The molecule has 1 aromatic rings. The van der Waals surface area contributed by atoms with E-state index in [9.17, 15) is 4.79 Å². The number of fused-ring (bicyclic) bond motifs is 2. The number of piperidine rings is 1. The molecule has 4 rings (SSSR count). The topological polar surface area (TPSA) is 48.0 Å². The number of hydrogen-bond donors (Lipinski definition) is 0. The van der Waals surface area contributed by atoms with Crippen LogP contribution in [0.3, 0.4) is 0 Å². The molecular formula is C19H24ClNO4. The summed E-state index contributed by atoms with van der Waals surface area (Å²) in [6.45, 7) is 3.59. The molecule has 6 heteroatoms. The predicted octanol–water partition coefficient (Wildman–Crippen LogP) is 3.07. The van der Waals surface area contributed by atoms with Gasteiger partial charge in [0.05, 0.1) is 31.3 Å². The molecule has 0 aliphatic carbocycles. The molecule has 2 atom stereocenters. The van der Waals surface area contributed by atoms with E-state index in [0.717, 1.165) is 51.0 Å². The summed E-state index contributed by atoms with van der Waals surface area (Å²) in [4.78, 5) is 15.0. The maximum absolute atomic E-state index is 12.9. The highest BCUT2D eigenvalue weighted by Crippen LogP contribution is 2.38. The first-order valence-electron chi connectivity index (χ1n) is 9.17. The van der Waals surface area contributed by atoms with Gasteiger partial charge in [0.15, 0.2) is 11.5 Å². The monoisotopic (exact) mass is 365 g/mol. The Bertz CT molecular complexity index is 649. The fourth-order valence-electron chi connectivity index (χ4n) is 4.13. The van der Waals surface area contributed by atoms with Gasteiger partial charge in [-0.05, 0) is 37.0 Å². The minimum atomic E-state index is 0.169. The van der Waals surface area contributed by atoms with Gasteiger partial charge in [0.25, 0.3) is 0 Å². The number of carbonyl (C=O) groups excluding carboxylic acids is 1. The Morgan fingerprint density at radius 1 is 1.16 bits per heavy atom. The van der Waals surface area contributed by atoms with E-state index < -0.39 is 0 Å². The lowest BCUT2D eigenvalue weighted by atomic mass is 9.86. The average molecular weight is 366 g/mol. The van der Waals surface area contributed by atoms with Crippen molar-refractivity contribution in [3.05, 3.63) is 22.7 Å². The summed E-state index contributed by atoms with van der Waals surface area (Å²) in [5, 5.41) is 0.518. The maximum atomic E-state index is 12.9. The van der Waals surface area contributed by atoms with Crippen molar-refractivity contribution in [2.24, 2.45) is 5.92 Å². The van der Waals surface area contributed by atoms with Gasteiger partial charge in [-0.25, -0.2) is 0 Å². The maximum Gasteiger partial charge on any atom is 0.227 e. The second kappa shape index (κ2) is 7.42. The molecular weight excluding hydrogens is 342 g/mol. The molecule has 2 saturated heterocycles. The van der Waals surface area contributed by atoms with E-state index in [2.05, 4.69) is 4.90 Å². The lowest BCUT2D eigenvalue weighted by molar-refractivity contribution is -0.139. The fraction of sp³-hybridized carbons (Fsp3) is 0.632. The van der Waals surface area contributed by atoms with Crippen LogP contribution in [0.4, 0.5) is 0 Å². The van der Waals surface area contributed by atoms with Crippen LogP contribution in [0.1, 0.15) is 31.2 Å². The highest BCUT2D eigenvalue weighted by Gasteiger charge is 2.36. The number of carbonyl (C=O) groups is 1. The summed E-state index contributed by atoms with van der Waals surface area (Å²) < 4.78 is 17.0. The summed E-state index contributed by atoms with van der Waals surface area (Å²) >= 11 is 6.35. The smallest absolute Gasteiger partial charge is 0.227 e. The minimum Gasteiger partial charge on any atom is -0.489 e. The first-order valence-corrected chi connectivity index (χ1v) is 9.55. The van der Waals surface area contributed by atoms with Gasteiger partial charge in [-0.1, -0.05) is 11.6 Å². The van der Waals surface area contributed by atoms with Crippen LogP contribution >= 0.6 is 11.6 Å². The molecule has 0 bridgehead atoms. The molecule has 0 aromatic heterocycles. The Hall–Kier alpha value is -1.46. The van der Waals surface area contributed by atoms with Crippen LogP contribution in [-0.4, -0.2) is 49.8 Å². The van der Waals surface area contributed by atoms with Crippen molar-refractivity contribution in [2.45, 2.75) is 38.1 Å². The summed E-state index contributed by atoms with van der Waals surface area (Å²) in [7, 11) is 0. The summed E-state index contributed by atoms with van der Waals surface area (Å²) in [6.07, 6.45) is 4.33. The normalized spacial score (nSPS) is 25.9. The molecule has 3 aliphatic rings. The summed E-state index contributed by atoms with van der Waals surface area (Å²) in [5.41, 5.74) is 0.883. The quantitative estimate of drug-likeness (QED) is 0.808. The lowest BCUT2D eigenvalue weighted by Crippen LogP contribution is -2.52. The Balaban J connectivity index is 1.50. The van der Waals surface area contributed by atoms with Gasteiger partial charge in [0.2, 0.25) is 5.91 Å². The number of halogens is 1. The molecule has 3 heterocycles. The molecule has 25 heavy (non-hydrogen) atoms. The van der Waals surface area contributed by atoms with E-state index in [-0.39, 0.29) is 5.91 Å². The van der Waals surface area contributed by atoms with Gasteiger partial charge in [-0.15, -0.1) is 0 Å². The van der Waals surface area contributed by atoms with Gasteiger partial charge >= 0.3 is 0 Å². The van der Waals surface area contributed by atoms with E-state index in [4.69, 9.17) is 25.8 Å². The average Bonchev–Trinajstić information content (AvgIpc) is 2.87. The van der Waals surface area contributed by atoms with E-state index in [1.807, 2.05) is 12.1 Å². The van der Waals surface area contributed by atoms with Crippen molar-refractivity contribution in [2.75, 3.05) is 33.0 Å². The highest BCUT2D eigenvalue weighted by molar-refractivity contribution is 6.32. The third kappa shape index (κ3) is 3.58. The van der Waals surface area contributed by atoms with Crippen LogP contribution in [0.25, 0.3) is 0 Å². The number of benzene rings is 1. The fourth-order valence-corrected chi connectivity index (χ4v) is 4.42. The first-order chi connectivity index (χ1) is 12.2. The van der Waals surface area contributed by atoms with E-state index >= 15 is 0 Å². The molecule has 136 valence electrons. The molecule has 1 amide bonds. The zero-order valence-electron chi connectivity index (χ0n) is 14.3. The van der Waals surface area contributed by atoms with Crippen LogP contribution in [0.15, 0.2) is 12.1 Å². The standard InChI is InChI=1S/C19H24ClNO4/c20-15-9-13(10-17-19(15)25-7-2-6-24-17)11-18(22)21-5-1-3-14-12-23-8-4-16(14)21/h9-10,14,16H,1-8,11-12H2. The van der Waals surface area contributed by atoms with Gasteiger partial charge in [-0.2, -0.15) is 0 Å². The molecule has 2 unspecified atom stereocenters. The van der Waals surface area contributed by atoms with Crippen LogP contribution < -0.4 is 9.47 Å². The van der Waals surface area contributed by atoms with Gasteiger partial charge in [0.1, 0.15) is 0 Å². The van der Waals surface area contributed by atoms with Crippen LogP contribution in [0.2, 0.25) is 5.02 Å². The zero-order valence-corrected chi connectivity index (χ0v) is 15.1. The largest absolute Gasteiger partial charge is 0.489 e. The number of nitrogens with zero attached hydrogens (tertiary/aromatic N) is 1. The molecule has 0 radical (unpaired) electrons. The molecule has 1 aromatic carbocycles. The van der Waals surface area contributed by atoms with E-state index in [1.165, 1.54) is 0 Å². The Morgan fingerprint density at radius 2 is 2.04 bits per heavy atom. The van der Waals surface area contributed by atoms with E-state index in [1.54, 1.807) is 0 Å². The number of likely N-dealkylation sites (tertiary alicyclic amines) is 1. The van der Waals surface area contributed by atoms with Gasteiger partial charge in [0, 0.05) is 31.5 Å². The molecule has 0 saturated carbocycles. The Kier molecular flexibility index (Phi) is 5.04. The predicted molar refractivity (Wildman–Crippen MR) is 94.4 cm³/mol. The minimum absolute atomic E-state index is 0.169. The molecule has 3 aliphatic heterocycles. The van der Waals surface area contributed by atoms with Crippen molar-refractivity contribution in [3.8, 4) is 11.5 Å². The summed E-state index contributed by atoms with van der Waals surface area (Å²) in [6, 6.07) is 4.06.